The molecule has 0 unspecified atom stereocenters. The van der Waals surface area contributed by atoms with Crippen LogP contribution in [0.15, 0.2) is 53.5 Å². The van der Waals surface area contributed by atoms with E-state index in [1.54, 1.807) is 24.3 Å². The highest BCUT2D eigenvalue weighted by Gasteiger charge is 2.05. The highest BCUT2D eigenvalue weighted by atomic mass is 127. The highest BCUT2D eigenvalue weighted by Crippen LogP contribution is 2.11. The van der Waals surface area contributed by atoms with Crippen molar-refractivity contribution in [3.63, 3.8) is 0 Å². The van der Waals surface area contributed by atoms with Crippen molar-refractivity contribution in [1.82, 2.24) is 15.4 Å². The molecule has 0 aromatic heterocycles. The van der Waals surface area contributed by atoms with Gasteiger partial charge in [0.1, 0.15) is 5.82 Å². The van der Waals surface area contributed by atoms with Crippen LogP contribution in [0.1, 0.15) is 11.1 Å². The summed E-state index contributed by atoms with van der Waals surface area (Å²) in [5.74, 6) is 0.0854. The number of sulfonamides is 1. The average Bonchev–Trinajstić information content (AvgIpc) is 2.67. The van der Waals surface area contributed by atoms with E-state index in [9.17, 15) is 22.9 Å². The molecular weight excluding hydrogens is 528 g/mol. The average molecular weight is 551 g/mol. The molecule has 30 heavy (non-hydrogen) atoms. The number of hydrogen-bond donors (Lipinski definition) is 3. The number of rotatable bonds is 9. The summed E-state index contributed by atoms with van der Waals surface area (Å²) in [6, 6.07) is 12.0. The van der Waals surface area contributed by atoms with Gasteiger partial charge < -0.3 is 10.6 Å². The second-order valence-corrected chi connectivity index (χ2v) is 7.99. The Bertz CT molecular complexity index is 954. The minimum atomic E-state index is -3.29. The number of nitrogens with one attached hydrogen (secondary N) is 3. The summed E-state index contributed by atoms with van der Waals surface area (Å²) in [6.45, 7) is 1.11. The lowest BCUT2D eigenvalue weighted by atomic mass is 10.2. The van der Waals surface area contributed by atoms with Crippen LogP contribution in [0.25, 0.3) is 0 Å². The van der Waals surface area contributed by atoms with E-state index in [4.69, 9.17) is 0 Å². The van der Waals surface area contributed by atoms with Crippen LogP contribution >= 0.6 is 24.0 Å². The van der Waals surface area contributed by atoms with Gasteiger partial charge in [0.15, 0.2) is 5.96 Å². The number of non-ortho nitro benzene ring substituents is 1. The standard InChI is InChI=1S/C18H22FN5O4S.HI/c1-29(27,28)23-11-10-20-18(21-12-14-2-6-16(19)7-3-14)22-13-15-4-8-17(9-5-15)24(25)26;/h2-9,23H,10-13H2,1H3,(H2,20,21,22);1H. The van der Waals surface area contributed by atoms with Crippen molar-refractivity contribution in [2.75, 3.05) is 19.3 Å². The predicted molar refractivity (Wildman–Crippen MR) is 124 cm³/mol. The Hall–Kier alpha value is -2.32. The van der Waals surface area contributed by atoms with Gasteiger partial charge in [-0.05, 0) is 23.3 Å². The molecule has 0 aliphatic carbocycles. The quantitative estimate of drug-likeness (QED) is 0.110. The first-order chi connectivity index (χ1) is 13.7. The van der Waals surface area contributed by atoms with Crippen LogP contribution in [0.4, 0.5) is 10.1 Å². The molecule has 0 atom stereocenters. The fourth-order valence-electron chi connectivity index (χ4n) is 2.27. The van der Waals surface area contributed by atoms with Gasteiger partial charge in [-0.3, -0.25) is 10.1 Å². The Balaban J connectivity index is 0.00000450. The zero-order valence-electron chi connectivity index (χ0n) is 16.2. The third-order valence-electron chi connectivity index (χ3n) is 3.72. The molecule has 0 saturated heterocycles. The Morgan fingerprint density at radius 1 is 1.03 bits per heavy atom. The normalized spacial score (nSPS) is 11.5. The van der Waals surface area contributed by atoms with Crippen LogP contribution in [-0.4, -0.2) is 38.6 Å². The number of guanidine groups is 1. The Kier molecular flexibility index (Phi) is 10.6. The van der Waals surface area contributed by atoms with Crippen molar-refractivity contribution in [3.8, 4) is 0 Å². The second-order valence-electron chi connectivity index (χ2n) is 6.16. The number of halogens is 2. The number of nitro groups is 1. The summed E-state index contributed by atoms with van der Waals surface area (Å²) in [6.07, 6.45) is 1.07. The lowest BCUT2D eigenvalue weighted by molar-refractivity contribution is -0.384. The Morgan fingerprint density at radius 3 is 2.20 bits per heavy atom. The van der Waals surface area contributed by atoms with Crippen molar-refractivity contribution >= 4 is 45.6 Å². The maximum atomic E-state index is 13.0. The maximum Gasteiger partial charge on any atom is 0.269 e. The molecular formula is C18H23FIN5O4S. The molecule has 12 heteroatoms. The summed E-state index contributed by atoms with van der Waals surface area (Å²) in [7, 11) is -3.29. The first-order valence-corrected chi connectivity index (χ1v) is 10.6. The third-order valence-corrected chi connectivity index (χ3v) is 4.45. The third kappa shape index (κ3) is 9.93. The van der Waals surface area contributed by atoms with Gasteiger partial charge in [-0.2, -0.15) is 0 Å². The summed E-state index contributed by atoms with van der Waals surface area (Å²) in [5.41, 5.74) is 1.61. The summed E-state index contributed by atoms with van der Waals surface area (Å²) in [5, 5.41) is 16.8. The molecule has 0 aliphatic heterocycles. The van der Waals surface area contributed by atoms with Crippen LogP contribution in [-0.2, 0) is 23.1 Å². The summed E-state index contributed by atoms with van der Waals surface area (Å²) >= 11 is 0. The van der Waals surface area contributed by atoms with Gasteiger partial charge in [0.2, 0.25) is 10.0 Å². The van der Waals surface area contributed by atoms with Gasteiger partial charge >= 0.3 is 0 Å². The molecule has 2 rings (SSSR count). The topological polar surface area (TPSA) is 126 Å². The number of nitro benzene ring substituents is 1. The van der Waals surface area contributed by atoms with E-state index in [2.05, 4.69) is 20.3 Å². The number of nitrogens with zero attached hydrogens (tertiary/aromatic N) is 2. The van der Waals surface area contributed by atoms with E-state index in [0.29, 0.717) is 19.0 Å². The number of aliphatic imine (C=N–C) groups is 1. The van der Waals surface area contributed by atoms with Gasteiger partial charge in [0, 0.05) is 31.8 Å². The van der Waals surface area contributed by atoms with Crippen molar-refractivity contribution < 1.29 is 17.7 Å². The van der Waals surface area contributed by atoms with Crippen LogP contribution in [0.5, 0.6) is 0 Å². The summed E-state index contributed by atoms with van der Waals surface area (Å²) < 4.78 is 37.7. The molecule has 3 N–H and O–H groups in total. The summed E-state index contributed by atoms with van der Waals surface area (Å²) in [4.78, 5) is 14.7. The van der Waals surface area contributed by atoms with Gasteiger partial charge in [0.05, 0.1) is 17.7 Å². The lowest BCUT2D eigenvalue weighted by Crippen LogP contribution is -2.41. The minimum absolute atomic E-state index is 0. The molecule has 0 amide bonds. The van der Waals surface area contributed by atoms with Crippen molar-refractivity contribution in [1.29, 1.82) is 0 Å². The van der Waals surface area contributed by atoms with E-state index in [1.165, 1.54) is 24.3 Å². The van der Waals surface area contributed by atoms with Crippen LogP contribution < -0.4 is 15.4 Å². The monoisotopic (exact) mass is 551 g/mol. The fourth-order valence-corrected chi connectivity index (χ4v) is 2.75. The molecule has 0 fully saturated rings. The van der Waals surface area contributed by atoms with E-state index in [1.807, 2.05) is 0 Å². The fraction of sp³-hybridized carbons (Fsp3) is 0.278. The van der Waals surface area contributed by atoms with Crippen LogP contribution in [0, 0.1) is 15.9 Å². The van der Waals surface area contributed by atoms with Gasteiger partial charge in [0.25, 0.3) is 5.69 Å². The molecule has 2 aromatic rings. The second kappa shape index (κ2) is 12.4. The maximum absolute atomic E-state index is 13.0. The zero-order chi connectivity index (χ0) is 21.3. The zero-order valence-corrected chi connectivity index (χ0v) is 19.3. The van der Waals surface area contributed by atoms with E-state index in [0.717, 1.165) is 17.4 Å². The lowest BCUT2D eigenvalue weighted by Gasteiger charge is -2.13. The van der Waals surface area contributed by atoms with Gasteiger partial charge in [-0.1, -0.05) is 24.3 Å². The van der Waals surface area contributed by atoms with Gasteiger partial charge in [-0.15, -0.1) is 24.0 Å². The molecule has 0 saturated carbocycles. The SMILES string of the molecule is CS(=O)(=O)NCCNC(=NCc1ccc(F)cc1)NCc1ccc([N+](=O)[O-])cc1.I. The van der Waals surface area contributed by atoms with E-state index >= 15 is 0 Å². The highest BCUT2D eigenvalue weighted by molar-refractivity contribution is 14.0. The molecule has 0 heterocycles. The molecule has 164 valence electrons. The van der Waals surface area contributed by atoms with Crippen molar-refractivity contribution in [3.05, 3.63) is 75.6 Å². The van der Waals surface area contributed by atoms with Gasteiger partial charge in [-0.25, -0.2) is 22.5 Å². The Morgan fingerprint density at radius 2 is 1.63 bits per heavy atom. The molecule has 2 aromatic carbocycles. The predicted octanol–water partition coefficient (Wildman–Crippen LogP) is 2.14. The van der Waals surface area contributed by atoms with Crippen molar-refractivity contribution in [2.45, 2.75) is 13.1 Å². The first-order valence-electron chi connectivity index (χ1n) is 8.67. The van der Waals surface area contributed by atoms with E-state index in [-0.39, 0.29) is 48.6 Å². The number of hydrogen-bond acceptors (Lipinski definition) is 5. The molecule has 0 bridgehead atoms. The molecule has 0 radical (unpaired) electrons. The minimum Gasteiger partial charge on any atom is -0.355 e. The molecule has 0 aliphatic rings. The molecule has 9 nitrogen and oxygen atoms in total. The smallest absolute Gasteiger partial charge is 0.269 e. The largest absolute Gasteiger partial charge is 0.355 e. The first kappa shape index (κ1) is 25.7. The van der Waals surface area contributed by atoms with Crippen LogP contribution in [0.2, 0.25) is 0 Å². The number of benzene rings is 2. The molecule has 0 spiro atoms. The van der Waals surface area contributed by atoms with Crippen molar-refractivity contribution in [2.24, 2.45) is 4.99 Å². The Labute approximate surface area is 191 Å². The van der Waals surface area contributed by atoms with Crippen LogP contribution in [0.3, 0.4) is 0 Å². The van der Waals surface area contributed by atoms with E-state index < -0.39 is 14.9 Å².